The van der Waals surface area contributed by atoms with E-state index in [0.717, 1.165) is 6.42 Å². The summed E-state index contributed by atoms with van der Waals surface area (Å²) >= 11 is 4.49. The maximum atomic E-state index is 12.6. The zero-order valence-corrected chi connectivity index (χ0v) is 10.7. The Kier molecular flexibility index (Phi) is 6.25. The van der Waals surface area contributed by atoms with Gasteiger partial charge in [0.1, 0.15) is 5.92 Å². The molecule has 0 amide bonds. The fourth-order valence-electron chi connectivity index (χ4n) is 1.47. The van der Waals surface area contributed by atoms with Crippen LogP contribution in [0.4, 0.5) is 13.2 Å². The summed E-state index contributed by atoms with van der Waals surface area (Å²) < 4.78 is 37.9. The minimum Gasteiger partial charge on any atom is -0.393 e. The number of halogens is 3. The lowest BCUT2D eigenvalue weighted by Crippen LogP contribution is -2.46. The molecule has 0 aromatic carbocycles. The van der Waals surface area contributed by atoms with E-state index in [4.69, 9.17) is 5.73 Å². The van der Waals surface area contributed by atoms with E-state index in [0.29, 0.717) is 6.54 Å². The van der Waals surface area contributed by atoms with Crippen LogP contribution in [0.3, 0.4) is 0 Å². The van der Waals surface area contributed by atoms with Gasteiger partial charge in [-0.15, -0.1) is 0 Å². The molecule has 2 N–H and O–H groups in total. The van der Waals surface area contributed by atoms with Crippen molar-refractivity contribution < 1.29 is 13.2 Å². The lowest BCUT2D eigenvalue weighted by Gasteiger charge is -2.31. The third-order valence-electron chi connectivity index (χ3n) is 2.78. The van der Waals surface area contributed by atoms with Crippen LogP contribution in [0, 0.1) is 5.92 Å². The summed E-state index contributed by atoms with van der Waals surface area (Å²) in [5.74, 6) is -1.71. The molecular weight excluding hydrogens is 237 g/mol. The minimum atomic E-state index is -4.35. The second-order valence-corrected chi connectivity index (χ2v) is 4.31. The Bertz CT molecular complexity index is 231. The second-order valence-electron chi connectivity index (χ2n) is 3.84. The summed E-state index contributed by atoms with van der Waals surface area (Å²) in [6.07, 6.45) is -3.55. The molecule has 0 bridgehead atoms. The van der Waals surface area contributed by atoms with E-state index in [-0.39, 0.29) is 12.6 Å². The first kappa shape index (κ1) is 15.6. The van der Waals surface area contributed by atoms with Crippen LogP contribution in [-0.4, -0.2) is 35.2 Å². The summed E-state index contributed by atoms with van der Waals surface area (Å²) in [5, 5.41) is 0. The summed E-state index contributed by atoms with van der Waals surface area (Å²) in [7, 11) is 0. The standard InChI is InChI=1S/C10H19F3N2S/c1-4-7(3)15(5-2)6-8(9(14)16)10(11,12)13/h7-8H,4-6H2,1-3H3,(H2,14,16). The van der Waals surface area contributed by atoms with Crippen LogP contribution >= 0.6 is 12.2 Å². The fraction of sp³-hybridized carbons (Fsp3) is 0.900. The van der Waals surface area contributed by atoms with Gasteiger partial charge in [-0.3, -0.25) is 4.90 Å². The second kappa shape index (κ2) is 6.39. The van der Waals surface area contributed by atoms with Crippen LogP contribution < -0.4 is 5.73 Å². The molecule has 0 rings (SSSR count). The number of hydrogen-bond donors (Lipinski definition) is 1. The van der Waals surface area contributed by atoms with Crippen LogP contribution in [0.15, 0.2) is 0 Å². The molecule has 0 heterocycles. The van der Waals surface area contributed by atoms with E-state index in [1.165, 1.54) is 0 Å². The van der Waals surface area contributed by atoms with Crippen LogP contribution in [0.5, 0.6) is 0 Å². The molecule has 0 aliphatic rings. The average molecular weight is 256 g/mol. The highest BCUT2D eigenvalue weighted by Gasteiger charge is 2.42. The number of nitrogens with zero attached hydrogens (tertiary/aromatic N) is 1. The van der Waals surface area contributed by atoms with Crippen molar-refractivity contribution in [1.82, 2.24) is 4.90 Å². The highest BCUT2D eigenvalue weighted by atomic mass is 32.1. The van der Waals surface area contributed by atoms with Gasteiger partial charge in [-0.2, -0.15) is 13.2 Å². The van der Waals surface area contributed by atoms with Gasteiger partial charge in [0.05, 0.1) is 4.99 Å². The molecule has 0 saturated carbocycles. The number of alkyl halides is 3. The van der Waals surface area contributed by atoms with Crippen molar-refractivity contribution in [3.05, 3.63) is 0 Å². The van der Waals surface area contributed by atoms with E-state index in [9.17, 15) is 13.2 Å². The first-order valence-electron chi connectivity index (χ1n) is 5.34. The Morgan fingerprint density at radius 1 is 1.38 bits per heavy atom. The minimum absolute atomic E-state index is 0.101. The van der Waals surface area contributed by atoms with Crippen molar-refractivity contribution in [2.75, 3.05) is 13.1 Å². The first-order valence-corrected chi connectivity index (χ1v) is 5.74. The summed E-state index contributed by atoms with van der Waals surface area (Å²) in [6, 6.07) is 0.101. The molecular formula is C10H19F3N2S. The summed E-state index contributed by atoms with van der Waals surface area (Å²) in [5.41, 5.74) is 5.15. The quantitative estimate of drug-likeness (QED) is 0.741. The van der Waals surface area contributed by atoms with Gasteiger partial charge in [-0.1, -0.05) is 26.1 Å². The fourth-order valence-corrected chi connectivity index (χ4v) is 1.68. The Morgan fingerprint density at radius 2 is 1.88 bits per heavy atom. The van der Waals surface area contributed by atoms with Gasteiger partial charge < -0.3 is 5.73 Å². The van der Waals surface area contributed by atoms with Gasteiger partial charge in [-0.25, -0.2) is 0 Å². The highest BCUT2D eigenvalue weighted by Crippen LogP contribution is 2.28. The molecule has 2 unspecified atom stereocenters. The molecule has 2 nitrogen and oxygen atoms in total. The molecule has 0 aromatic rings. The topological polar surface area (TPSA) is 29.3 Å². The van der Waals surface area contributed by atoms with Crippen LogP contribution in [0.2, 0.25) is 0 Å². The van der Waals surface area contributed by atoms with Gasteiger partial charge in [0.15, 0.2) is 0 Å². The van der Waals surface area contributed by atoms with Crippen molar-refractivity contribution in [3.8, 4) is 0 Å². The number of rotatable bonds is 6. The maximum absolute atomic E-state index is 12.6. The lowest BCUT2D eigenvalue weighted by molar-refractivity contribution is -0.160. The van der Waals surface area contributed by atoms with Crippen molar-refractivity contribution in [3.63, 3.8) is 0 Å². The van der Waals surface area contributed by atoms with E-state index in [2.05, 4.69) is 12.2 Å². The van der Waals surface area contributed by atoms with Gasteiger partial charge in [0.25, 0.3) is 0 Å². The third kappa shape index (κ3) is 4.65. The smallest absolute Gasteiger partial charge is 0.393 e. The average Bonchev–Trinajstić information content (AvgIpc) is 2.15. The van der Waals surface area contributed by atoms with Gasteiger partial charge >= 0.3 is 6.18 Å². The van der Waals surface area contributed by atoms with E-state index in [1.54, 1.807) is 4.90 Å². The Labute approximate surface area is 100.0 Å². The Hall–Kier alpha value is -0.360. The highest BCUT2D eigenvalue weighted by molar-refractivity contribution is 7.80. The normalized spacial score (nSPS) is 16.2. The van der Waals surface area contributed by atoms with Gasteiger partial charge in [0.2, 0.25) is 0 Å². The molecule has 0 spiro atoms. The monoisotopic (exact) mass is 256 g/mol. The lowest BCUT2D eigenvalue weighted by atomic mass is 10.1. The predicted molar refractivity (Wildman–Crippen MR) is 63.3 cm³/mol. The van der Waals surface area contributed by atoms with Gasteiger partial charge in [-0.05, 0) is 19.9 Å². The molecule has 0 fully saturated rings. The molecule has 0 aromatic heterocycles. The van der Waals surface area contributed by atoms with Crippen LogP contribution in [0.1, 0.15) is 27.2 Å². The molecule has 0 aliphatic carbocycles. The maximum Gasteiger partial charge on any atom is 0.399 e. The zero-order chi connectivity index (χ0) is 12.9. The largest absolute Gasteiger partial charge is 0.399 e. The predicted octanol–water partition coefficient (Wildman–Crippen LogP) is 2.57. The molecule has 0 aliphatic heterocycles. The number of nitrogens with two attached hydrogens (primary N) is 1. The number of hydrogen-bond acceptors (Lipinski definition) is 2. The van der Waals surface area contributed by atoms with Crippen molar-refractivity contribution >= 4 is 17.2 Å². The molecule has 6 heteroatoms. The molecule has 96 valence electrons. The van der Waals surface area contributed by atoms with E-state index in [1.807, 2.05) is 20.8 Å². The molecule has 2 atom stereocenters. The molecule has 0 radical (unpaired) electrons. The first-order chi connectivity index (χ1) is 7.23. The van der Waals surface area contributed by atoms with Crippen molar-refractivity contribution in [2.24, 2.45) is 11.7 Å². The zero-order valence-electron chi connectivity index (χ0n) is 9.84. The molecule has 16 heavy (non-hydrogen) atoms. The number of thiocarbonyl (C=S) groups is 1. The van der Waals surface area contributed by atoms with Crippen LogP contribution in [-0.2, 0) is 0 Å². The third-order valence-corrected chi connectivity index (χ3v) is 3.06. The van der Waals surface area contributed by atoms with Crippen molar-refractivity contribution in [2.45, 2.75) is 39.4 Å². The molecule has 0 saturated heterocycles. The van der Waals surface area contributed by atoms with E-state index < -0.39 is 17.1 Å². The summed E-state index contributed by atoms with van der Waals surface area (Å²) in [6.45, 7) is 6.08. The Balaban J connectivity index is 4.67. The van der Waals surface area contributed by atoms with Crippen LogP contribution in [0.25, 0.3) is 0 Å². The van der Waals surface area contributed by atoms with Gasteiger partial charge in [0, 0.05) is 12.6 Å². The summed E-state index contributed by atoms with van der Waals surface area (Å²) in [4.78, 5) is 1.27. The van der Waals surface area contributed by atoms with E-state index >= 15 is 0 Å². The Morgan fingerprint density at radius 3 is 2.12 bits per heavy atom. The SMILES string of the molecule is CCC(C)N(CC)CC(C(N)=S)C(F)(F)F. The van der Waals surface area contributed by atoms with Crippen molar-refractivity contribution in [1.29, 1.82) is 0 Å².